The van der Waals surface area contributed by atoms with Crippen molar-refractivity contribution in [2.24, 2.45) is 5.10 Å². The molecule has 12 nitrogen and oxygen atoms in total. The minimum absolute atomic E-state index is 0.127. The zero-order valence-corrected chi connectivity index (χ0v) is 24.4. The van der Waals surface area contributed by atoms with E-state index >= 15 is 0 Å². The monoisotopic (exact) mass is 674 g/mol. The number of nitrogens with zero attached hydrogens (tertiary/aromatic N) is 1. The summed E-state index contributed by atoms with van der Waals surface area (Å²) in [7, 11) is 1.57. The molecule has 1 aliphatic rings. The van der Waals surface area contributed by atoms with Crippen LogP contribution in [0.15, 0.2) is 59.7 Å². The lowest BCUT2D eigenvalue weighted by Gasteiger charge is -2.14. The Kier molecular flexibility index (Phi) is 10.2. The molecule has 0 radical (unpaired) electrons. The second-order valence-electron chi connectivity index (χ2n) is 8.40. The third kappa shape index (κ3) is 8.23. The molecule has 41 heavy (non-hydrogen) atoms. The number of halogens is 1. The highest BCUT2D eigenvalue weighted by Gasteiger charge is 2.17. The van der Waals surface area contributed by atoms with Gasteiger partial charge in [0.15, 0.2) is 29.6 Å². The Bertz CT molecular complexity index is 1450. The zero-order valence-electron chi connectivity index (χ0n) is 22.2. The van der Waals surface area contributed by atoms with Gasteiger partial charge in [-0.25, -0.2) is 5.43 Å². The van der Waals surface area contributed by atoms with Gasteiger partial charge in [-0.3, -0.25) is 14.4 Å². The number of carbonyl (C=O) groups is 3. The van der Waals surface area contributed by atoms with Gasteiger partial charge in [0.05, 0.1) is 23.5 Å². The summed E-state index contributed by atoms with van der Waals surface area (Å²) in [5, 5.41) is 9.16. The Hall–Kier alpha value is -4.53. The van der Waals surface area contributed by atoms with E-state index in [4.69, 9.17) is 23.7 Å². The largest absolute Gasteiger partial charge is 0.497 e. The van der Waals surface area contributed by atoms with Gasteiger partial charge in [0.2, 0.25) is 6.79 Å². The molecule has 0 aromatic heterocycles. The zero-order chi connectivity index (χ0) is 29.2. The van der Waals surface area contributed by atoms with Gasteiger partial charge in [-0.15, -0.1) is 0 Å². The predicted octanol–water partition coefficient (Wildman–Crippen LogP) is 3.21. The molecule has 3 aromatic rings. The third-order valence-electron chi connectivity index (χ3n) is 5.53. The van der Waals surface area contributed by atoms with E-state index in [2.05, 4.69) is 43.8 Å². The minimum atomic E-state index is -0.926. The lowest BCUT2D eigenvalue weighted by Crippen LogP contribution is -2.37. The predicted molar refractivity (Wildman–Crippen MR) is 158 cm³/mol. The Morgan fingerprint density at radius 2 is 1.78 bits per heavy atom. The number of amides is 3. The van der Waals surface area contributed by atoms with Crippen LogP contribution in [0.4, 0.5) is 5.69 Å². The van der Waals surface area contributed by atoms with Gasteiger partial charge in [-0.2, -0.15) is 5.10 Å². The highest BCUT2D eigenvalue weighted by atomic mass is 127. The van der Waals surface area contributed by atoms with Gasteiger partial charge >= 0.3 is 11.8 Å². The molecule has 0 fully saturated rings. The van der Waals surface area contributed by atoms with Crippen molar-refractivity contribution >= 4 is 52.2 Å². The van der Waals surface area contributed by atoms with E-state index < -0.39 is 11.8 Å². The number of benzene rings is 3. The van der Waals surface area contributed by atoms with E-state index in [1.807, 2.05) is 6.92 Å². The molecule has 3 aromatic carbocycles. The number of hydrogen-bond donors (Lipinski definition) is 3. The van der Waals surface area contributed by atoms with Crippen LogP contribution in [-0.4, -0.2) is 51.1 Å². The first kappa shape index (κ1) is 29.5. The molecule has 0 saturated carbocycles. The number of fused-ring (bicyclic) bond motifs is 1. The molecule has 13 heteroatoms. The summed E-state index contributed by atoms with van der Waals surface area (Å²) < 4.78 is 27.8. The molecule has 214 valence electrons. The standard InChI is InChI=1S/C28H27IN4O8/c1-3-38-24-12-18(10-21(29)26(24)39-15-25(34)32-19-5-7-20(37-2)8-6-19)14-31-33-28(36)27(35)30-13-17-4-9-22-23(11-17)41-16-40-22/h4-12,14H,3,13,15-16H2,1-2H3,(H,30,35)(H,32,34)(H,33,36)/b31-14-. The van der Waals surface area contributed by atoms with E-state index in [1.165, 1.54) is 6.21 Å². The van der Waals surface area contributed by atoms with Crippen LogP contribution < -0.4 is 39.7 Å². The van der Waals surface area contributed by atoms with Crippen molar-refractivity contribution in [3.8, 4) is 28.7 Å². The molecule has 1 aliphatic heterocycles. The molecule has 0 unspecified atom stereocenters. The Morgan fingerprint density at radius 1 is 1.00 bits per heavy atom. The van der Waals surface area contributed by atoms with Crippen molar-refractivity contribution < 1.29 is 38.1 Å². The average molecular weight is 674 g/mol. The molecule has 0 spiro atoms. The van der Waals surface area contributed by atoms with Crippen molar-refractivity contribution in [1.29, 1.82) is 0 Å². The fraction of sp³-hybridized carbons (Fsp3) is 0.214. The molecular formula is C28H27IN4O8. The van der Waals surface area contributed by atoms with Crippen LogP contribution in [0.2, 0.25) is 0 Å². The first-order valence-corrected chi connectivity index (χ1v) is 13.5. The maximum absolute atomic E-state index is 12.4. The van der Waals surface area contributed by atoms with Crippen LogP contribution in [0.3, 0.4) is 0 Å². The highest BCUT2D eigenvalue weighted by Crippen LogP contribution is 2.34. The smallest absolute Gasteiger partial charge is 0.329 e. The Morgan fingerprint density at radius 3 is 2.54 bits per heavy atom. The molecule has 1 heterocycles. The highest BCUT2D eigenvalue weighted by molar-refractivity contribution is 14.1. The molecule has 0 atom stereocenters. The Labute approximate surface area is 249 Å². The van der Waals surface area contributed by atoms with Crippen LogP contribution in [0.25, 0.3) is 0 Å². The number of methoxy groups -OCH3 is 1. The number of ether oxygens (including phenoxy) is 5. The van der Waals surface area contributed by atoms with E-state index in [0.29, 0.717) is 50.2 Å². The van der Waals surface area contributed by atoms with Crippen LogP contribution in [0.1, 0.15) is 18.1 Å². The molecule has 0 saturated heterocycles. The molecule has 4 rings (SSSR count). The number of anilines is 1. The van der Waals surface area contributed by atoms with Crippen molar-refractivity contribution in [2.75, 3.05) is 32.4 Å². The molecule has 3 N–H and O–H groups in total. The fourth-order valence-corrected chi connectivity index (χ4v) is 4.39. The van der Waals surface area contributed by atoms with Gasteiger partial charge in [-0.05, 0) is 89.2 Å². The quantitative estimate of drug-likeness (QED) is 0.122. The lowest BCUT2D eigenvalue weighted by atomic mass is 10.2. The first-order valence-electron chi connectivity index (χ1n) is 12.4. The topological polar surface area (TPSA) is 146 Å². The SMILES string of the molecule is CCOc1cc(/C=N\NC(=O)C(=O)NCc2ccc3c(c2)OCO3)cc(I)c1OCC(=O)Nc1ccc(OC)cc1. The van der Waals surface area contributed by atoms with Crippen LogP contribution in [0, 0.1) is 3.57 Å². The van der Waals surface area contributed by atoms with E-state index in [9.17, 15) is 14.4 Å². The van der Waals surface area contributed by atoms with Crippen molar-refractivity contribution in [1.82, 2.24) is 10.7 Å². The summed E-state index contributed by atoms with van der Waals surface area (Å²) in [6.45, 7) is 2.20. The fourth-order valence-electron chi connectivity index (χ4n) is 3.60. The van der Waals surface area contributed by atoms with Crippen molar-refractivity contribution in [3.05, 3.63) is 69.3 Å². The average Bonchev–Trinajstić information content (AvgIpc) is 3.44. The molecule has 0 aliphatic carbocycles. The Balaban J connectivity index is 1.30. The maximum Gasteiger partial charge on any atom is 0.329 e. The lowest BCUT2D eigenvalue weighted by molar-refractivity contribution is -0.139. The number of carbonyl (C=O) groups excluding carboxylic acids is 3. The summed E-state index contributed by atoms with van der Waals surface area (Å²) in [4.78, 5) is 36.7. The molecule has 3 amide bonds. The summed E-state index contributed by atoms with van der Waals surface area (Å²) in [5.74, 6) is 0.556. The van der Waals surface area contributed by atoms with E-state index in [-0.39, 0.29) is 25.9 Å². The number of nitrogens with one attached hydrogen (secondary N) is 3. The maximum atomic E-state index is 12.4. The van der Waals surface area contributed by atoms with Crippen LogP contribution >= 0.6 is 22.6 Å². The van der Waals surface area contributed by atoms with Crippen LogP contribution in [-0.2, 0) is 20.9 Å². The minimum Gasteiger partial charge on any atom is -0.497 e. The van der Waals surface area contributed by atoms with Crippen molar-refractivity contribution in [2.45, 2.75) is 13.5 Å². The summed E-state index contributed by atoms with van der Waals surface area (Å²) >= 11 is 2.05. The summed E-state index contributed by atoms with van der Waals surface area (Å²) in [6, 6.07) is 15.5. The number of hydrazone groups is 1. The summed E-state index contributed by atoms with van der Waals surface area (Å²) in [6.07, 6.45) is 1.37. The van der Waals surface area contributed by atoms with Gasteiger partial charge in [0.1, 0.15) is 5.75 Å². The van der Waals surface area contributed by atoms with Gasteiger partial charge in [0.25, 0.3) is 5.91 Å². The second-order valence-corrected chi connectivity index (χ2v) is 9.56. The second kappa shape index (κ2) is 14.2. The van der Waals surface area contributed by atoms with Gasteiger partial charge in [0, 0.05) is 12.2 Å². The van der Waals surface area contributed by atoms with Crippen molar-refractivity contribution in [3.63, 3.8) is 0 Å². The van der Waals surface area contributed by atoms with Gasteiger partial charge in [-0.1, -0.05) is 6.07 Å². The molecular weight excluding hydrogens is 647 g/mol. The number of rotatable bonds is 11. The first-order chi connectivity index (χ1) is 19.9. The molecule has 0 bridgehead atoms. The van der Waals surface area contributed by atoms with Gasteiger partial charge < -0.3 is 34.3 Å². The van der Waals surface area contributed by atoms with E-state index in [1.54, 1.807) is 61.7 Å². The third-order valence-corrected chi connectivity index (χ3v) is 6.33. The van der Waals surface area contributed by atoms with Crippen LogP contribution in [0.5, 0.6) is 28.7 Å². The van der Waals surface area contributed by atoms with E-state index in [0.717, 1.165) is 5.56 Å². The number of hydrogen-bond acceptors (Lipinski definition) is 9. The summed E-state index contributed by atoms with van der Waals surface area (Å²) in [5.41, 5.74) is 4.13. The normalized spacial score (nSPS) is 11.6.